The van der Waals surface area contributed by atoms with Crippen molar-refractivity contribution in [1.82, 2.24) is 0 Å². The van der Waals surface area contributed by atoms with Crippen LogP contribution in [-0.4, -0.2) is 13.1 Å². The van der Waals surface area contributed by atoms with Crippen molar-refractivity contribution >= 4 is 6.29 Å². The zero-order valence-corrected chi connectivity index (χ0v) is 8.60. The first-order valence-corrected chi connectivity index (χ1v) is 4.92. The van der Waals surface area contributed by atoms with E-state index in [0.29, 0.717) is 17.8 Å². The second kappa shape index (κ2) is 3.62. The Balaban J connectivity index is 2.11. The van der Waals surface area contributed by atoms with Crippen molar-refractivity contribution in [3.8, 4) is 22.8 Å². The average Bonchev–Trinajstić information content (AvgIpc) is 2.94. The molecule has 2 aromatic rings. The molecule has 5 heteroatoms. The van der Waals surface area contributed by atoms with Gasteiger partial charge in [-0.1, -0.05) is 0 Å². The van der Waals surface area contributed by atoms with E-state index in [9.17, 15) is 9.18 Å². The molecule has 1 aliphatic heterocycles. The summed E-state index contributed by atoms with van der Waals surface area (Å²) in [5, 5.41) is 0. The summed E-state index contributed by atoms with van der Waals surface area (Å²) in [5.41, 5.74) is 0.238. The van der Waals surface area contributed by atoms with Crippen LogP contribution >= 0.6 is 0 Å². The van der Waals surface area contributed by atoms with Crippen LogP contribution in [0.15, 0.2) is 28.7 Å². The van der Waals surface area contributed by atoms with Gasteiger partial charge in [-0.2, -0.15) is 0 Å². The van der Waals surface area contributed by atoms with E-state index in [0.717, 1.165) is 0 Å². The van der Waals surface area contributed by atoms with E-state index >= 15 is 0 Å². The molecule has 0 atom stereocenters. The minimum absolute atomic E-state index is 0.0793. The highest BCUT2D eigenvalue weighted by molar-refractivity contribution is 5.73. The highest BCUT2D eigenvalue weighted by Crippen LogP contribution is 2.38. The van der Waals surface area contributed by atoms with Crippen LogP contribution in [0, 0.1) is 5.82 Å². The zero-order valence-electron chi connectivity index (χ0n) is 8.60. The lowest BCUT2D eigenvalue weighted by Crippen LogP contribution is -1.92. The first-order chi connectivity index (χ1) is 8.28. The van der Waals surface area contributed by atoms with Crippen molar-refractivity contribution in [2.24, 2.45) is 0 Å². The standard InChI is InChI=1S/C12H7FO4/c13-9-4-12-11(15-6-16-12)3-8(9)10-2-1-7(5-14)17-10/h1-5H,6H2. The van der Waals surface area contributed by atoms with E-state index in [1.165, 1.54) is 24.3 Å². The Bertz CT molecular complexity index is 588. The Morgan fingerprint density at radius 1 is 1.18 bits per heavy atom. The third-order valence-electron chi connectivity index (χ3n) is 2.47. The maximum Gasteiger partial charge on any atom is 0.231 e. The summed E-state index contributed by atoms with van der Waals surface area (Å²) < 4.78 is 29.1. The van der Waals surface area contributed by atoms with Gasteiger partial charge in [-0.15, -0.1) is 0 Å². The van der Waals surface area contributed by atoms with Crippen molar-refractivity contribution in [3.05, 3.63) is 35.8 Å². The van der Waals surface area contributed by atoms with Crippen molar-refractivity contribution < 1.29 is 23.1 Å². The van der Waals surface area contributed by atoms with Crippen molar-refractivity contribution in [1.29, 1.82) is 0 Å². The highest BCUT2D eigenvalue weighted by Gasteiger charge is 2.19. The Hall–Kier alpha value is -2.30. The van der Waals surface area contributed by atoms with E-state index in [1.807, 2.05) is 0 Å². The maximum absolute atomic E-state index is 13.8. The Labute approximate surface area is 95.6 Å². The molecule has 0 saturated carbocycles. The van der Waals surface area contributed by atoms with Crippen LogP contribution in [0.3, 0.4) is 0 Å². The van der Waals surface area contributed by atoms with E-state index in [4.69, 9.17) is 13.9 Å². The third-order valence-corrected chi connectivity index (χ3v) is 2.47. The molecule has 0 N–H and O–H groups in total. The highest BCUT2D eigenvalue weighted by atomic mass is 19.1. The minimum Gasteiger partial charge on any atom is -0.454 e. The van der Waals surface area contributed by atoms with Gasteiger partial charge in [-0.25, -0.2) is 4.39 Å². The molecule has 0 fully saturated rings. The Morgan fingerprint density at radius 2 is 1.94 bits per heavy atom. The molecule has 0 aliphatic carbocycles. The van der Waals surface area contributed by atoms with Gasteiger partial charge in [0.1, 0.15) is 11.6 Å². The topological polar surface area (TPSA) is 48.7 Å². The van der Waals surface area contributed by atoms with Gasteiger partial charge in [0.25, 0.3) is 0 Å². The van der Waals surface area contributed by atoms with Gasteiger partial charge >= 0.3 is 0 Å². The van der Waals surface area contributed by atoms with Gasteiger partial charge in [0.2, 0.25) is 6.79 Å². The summed E-state index contributed by atoms with van der Waals surface area (Å²) in [6.07, 6.45) is 0.564. The van der Waals surface area contributed by atoms with Crippen molar-refractivity contribution in [2.45, 2.75) is 0 Å². The summed E-state index contributed by atoms with van der Waals surface area (Å²) in [5.74, 6) is 0.778. The summed E-state index contributed by atoms with van der Waals surface area (Å²) in [6, 6.07) is 5.74. The quantitative estimate of drug-likeness (QED) is 0.749. The van der Waals surface area contributed by atoms with Crippen LogP contribution < -0.4 is 9.47 Å². The third kappa shape index (κ3) is 1.56. The largest absolute Gasteiger partial charge is 0.454 e. The number of furan rings is 1. The summed E-state index contributed by atoms with van der Waals surface area (Å²) in [6.45, 7) is 0.0793. The summed E-state index contributed by atoms with van der Waals surface area (Å²) in [7, 11) is 0. The van der Waals surface area contributed by atoms with Crippen LogP contribution in [-0.2, 0) is 0 Å². The van der Waals surface area contributed by atoms with Crippen LogP contribution in [0.1, 0.15) is 10.6 Å². The number of rotatable bonds is 2. The van der Waals surface area contributed by atoms with E-state index in [2.05, 4.69) is 0 Å². The summed E-state index contributed by atoms with van der Waals surface area (Å²) >= 11 is 0. The number of hydrogen-bond acceptors (Lipinski definition) is 4. The van der Waals surface area contributed by atoms with E-state index < -0.39 is 5.82 Å². The van der Waals surface area contributed by atoms with Crippen LogP contribution in [0.5, 0.6) is 11.5 Å². The monoisotopic (exact) mass is 234 g/mol. The van der Waals surface area contributed by atoms with Crippen molar-refractivity contribution in [2.75, 3.05) is 6.79 Å². The van der Waals surface area contributed by atoms with Gasteiger partial charge in [0.15, 0.2) is 23.5 Å². The molecule has 0 saturated heterocycles. The van der Waals surface area contributed by atoms with Crippen LogP contribution in [0.25, 0.3) is 11.3 Å². The van der Waals surface area contributed by atoms with E-state index in [-0.39, 0.29) is 23.9 Å². The van der Waals surface area contributed by atoms with Crippen LogP contribution in [0.4, 0.5) is 4.39 Å². The number of carbonyl (C=O) groups is 1. The molecule has 0 spiro atoms. The molecule has 1 aliphatic rings. The van der Waals surface area contributed by atoms with E-state index in [1.54, 1.807) is 0 Å². The predicted molar refractivity (Wildman–Crippen MR) is 55.6 cm³/mol. The number of aldehydes is 1. The lowest BCUT2D eigenvalue weighted by Gasteiger charge is -2.01. The van der Waals surface area contributed by atoms with Gasteiger partial charge in [-0.05, 0) is 18.2 Å². The smallest absolute Gasteiger partial charge is 0.231 e. The molecule has 17 heavy (non-hydrogen) atoms. The number of fused-ring (bicyclic) bond motifs is 1. The lowest BCUT2D eigenvalue weighted by atomic mass is 10.1. The first-order valence-electron chi connectivity index (χ1n) is 4.92. The maximum atomic E-state index is 13.8. The SMILES string of the molecule is O=Cc1ccc(-c2cc3c(cc2F)OCO3)o1. The average molecular weight is 234 g/mol. The second-order valence-electron chi connectivity index (χ2n) is 3.51. The number of halogens is 1. The predicted octanol–water partition coefficient (Wildman–Crippen LogP) is 2.63. The fourth-order valence-corrected chi connectivity index (χ4v) is 1.67. The number of carbonyl (C=O) groups excluding carboxylic acids is 1. The molecule has 0 radical (unpaired) electrons. The molecule has 2 heterocycles. The minimum atomic E-state index is -0.485. The zero-order chi connectivity index (χ0) is 11.8. The first kappa shape index (κ1) is 9.89. The van der Waals surface area contributed by atoms with Gasteiger partial charge in [0, 0.05) is 6.07 Å². The molecule has 3 rings (SSSR count). The fourth-order valence-electron chi connectivity index (χ4n) is 1.67. The summed E-state index contributed by atoms with van der Waals surface area (Å²) in [4.78, 5) is 10.5. The molecule has 86 valence electrons. The normalized spacial score (nSPS) is 12.8. The van der Waals surface area contributed by atoms with Gasteiger partial charge in [0.05, 0.1) is 5.56 Å². The van der Waals surface area contributed by atoms with Gasteiger partial charge < -0.3 is 13.9 Å². The number of benzene rings is 1. The van der Waals surface area contributed by atoms with Crippen LogP contribution in [0.2, 0.25) is 0 Å². The molecular weight excluding hydrogens is 227 g/mol. The lowest BCUT2D eigenvalue weighted by molar-refractivity contribution is 0.110. The van der Waals surface area contributed by atoms with Gasteiger partial charge in [-0.3, -0.25) is 4.79 Å². The Kier molecular flexibility index (Phi) is 2.11. The van der Waals surface area contributed by atoms with Crippen molar-refractivity contribution in [3.63, 3.8) is 0 Å². The molecule has 4 nitrogen and oxygen atoms in total. The fraction of sp³-hybridized carbons (Fsp3) is 0.0833. The number of ether oxygens (including phenoxy) is 2. The molecule has 1 aromatic carbocycles. The molecule has 0 unspecified atom stereocenters. The Morgan fingerprint density at radius 3 is 2.65 bits per heavy atom. The molecular formula is C12H7FO4. The molecule has 1 aromatic heterocycles. The second-order valence-corrected chi connectivity index (χ2v) is 3.51. The molecule has 0 bridgehead atoms. The molecule has 0 amide bonds. The number of hydrogen-bond donors (Lipinski definition) is 0.